The molecule has 0 unspecified atom stereocenters. The van der Waals surface area contributed by atoms with E-state index in [4.69, 9.17) is 11.6 Å². The molecule has 0 radical (unpaired) electrons. The van der Waals surface area contributed by atoms with E-state index >= 15 is 0 Å². The van der Waals surface area contributed by atoms with Crippen LogP contribution in [-0.4, -0.2) is 18.1 Å². The summed E-state index contributed by atoms with van der Waals surface area (Å²) in [5, 5.41) is 0.00622. The highest BCUT2D eigenvalue weighted by Crippen LogP contribution is 2.32. The number of carbonyl (C=O) groups excluding carboxylic acids is 1. The number of thiazole rings is 1. The summed E-state index contributed by atoms with van der Waals surface area (Å²) in [5.41, 5.74) is 1.81. The minimum atomic E-state index is -0.597. The fourth-order valence-corrected chi connectivity index (χ4v) is 2.33. The second-order valence-electron chi connectivity index (χ2n) is 3.12. The smallest absolute Gasteiger partial charge is 0.358 e. The van der Waals surface area contributed by atoms with Crippen LogP contribution in [0.3, 0.4) is 0 Å². The third-order valence-electron chi connectivity index (χ3n) is 2.14. The van der Waals surface area contributed by atoms with Crippen LogP contribution in [0.25, 0.3) is 10.4 Å². The minimum Gasteiger partial charge on any atom is -0.464 e. The first-order valence-electron chi connectivity index (χ1n) is 4.61. The topological polar surface area (TPSA) is 39.2 Å². The Bertz CT molecular complexity index is 570. The summed E-state index contributed by atoms with van der Waals surface area (Å²) in [7, 11) is 1.25. The van der Waals surface area contributed by atoms with Crippen molar-refractivity contribution in [1.29, 1.82) is 0 Å². The van der Waals surface area contributed by atoms with Gasteiger partial charge in [-0.15, -0.1) is 11.3 Å². The van der Waals surface area contributed by atoms with Crippen molar-refractivity contribution in [1.82, 2.24) is 4.98 Å². The lowest BCUT2D eigenvalue weighted by Crippen LogP contribution is -2.03. The number of nitrogens with zero attached hydrogens (tertiary/aromatic N) is 1. The van der Waals surface area contributed by atoms with E-state index in [1.165, 1.54) is 18.7 Å². The zero-order chi connectivity index (χ0) is 12.4. The summed E-state index contributed by atoms with van der Waals surface area (Å²) in [4.78, 5) is 15.7. The van der Waals surface area contributed by atoms with Crippen LogP contribution in [0.5, 0.6) is 0 Å². The van der Waals surface area contributed by atoms with E-state index in [9.17, 15) is 9.18 Å². The highest BCUT2D eigenvalue weighted by Gasteiger charge is 2.20. The van der Waals surface area contributed by atoms with Crippen molar-refractivity contribution >= 4 is 28.9 Å². The molecule has 0 saturated carbocycles. The molecule has 1 aromatic heterocycles. The van der Waals surface area contributed by atoms with Crippen LogP contribution in [0.1, 0.15) is 10.5 Å². The molecule has 0 spiro atoms. The van der Waals surface area contributed by atoms with Gasteiger partial charge in [0.2, 0.25) is 0 Å². The molecule has 0 bridgehead atoms. The number of rotatable bonds is 2. The first kappa shape index (κ1) is 12.0. The van der Waals surface area contributed by atoms with Gasteiger partial charge in [-0.3, -0.25) is 0 Å². The standard InChI is InChI=1S/C11H7ClFNO2S/c1-16-11(15)9-10(17-5-14-9)6-3-2-4-7(12)8(6)13/h2-5H,1H3. The van der Waals surface area contributed by atoms with E-state index in [1.54, 1.807) is 12.1 Å². The van der Waals surface area contributed by atoms with Crippen molar-refractivity contribution in [3.63, 3.8) is 0 Å². The summed E-state index contributed by atoms with van der Waals surface area (Å²) in [6.07, 6.45) is 0. The van der Waals surface area contributed by atoms with E-state index < -0.39 is 11.8 Å². The number of ether oxygens (including phenoxy) is 1. The van der Waals surface area contributed by atoms with E-state index in [-0.39, 0.29) is 16.3 Å². The maximum Gasteiger partial charge on any atom is 0.358 e. The molecule has 17 heavy (non-hydrogen) atoms. The third-order valence-corrected chi connectivity index (χ3v) is 3.29. The van der Waals surface area contributed by atoms with Gasteiger partial charge >= 0.3 is 5.97 Å². The molecule has 0 N–H and O–H groups in total. The Kier molecular flexibility index (Phi) is 3.40. The Hall–Kier alpha value is -1.46. The number of hydrogen-bond donors (Lipinski definition) is 0. The summed E-state index contributed by atoms with van der Waals surface area (Å²) in [5.74, 6) is -1.16. The highest BCUT2D eigenvalue weighted by molar-refractivity contribution is 7.13. The van der Waals surface area contributed by atoms with Gasteiger partial charge in [0, 0.05) is 5.56 Å². The van der Waals surface area contributed by atoms with Crippen molar-refractivity contribution < 1.29 is 13.9 Å². The zero-order valence-electron chi connectivity index (χ0n) is 8.74. The molecule has 0 atom stereocenters. The first-order chi connectivity index (χ1) is 8.15. The lowest BCUT2D eigenvalue weighted by molar-refractivity contribution is 0.0596. The maximum atomic E-state index is 13.8. The molecule has 1 aromatic carbocycles. The molecule has 0 saturated heterocycles. The summed E-state index contributed by atoms with van der Waals surface area (Å²) in [6, 6.07) is 4.60. The Morgan fingerprint density at radius 3 is 3.00 bits per heavy atom. The fraction of sp³-hybridized carbons (Fsp3) is 0.0909. The molecular formula is C11H7ClFNO2S. The van der Waals surface area contributed by atoms with Crippen molar-refractivity contribution in [3.8, 4) is 10.4 Å². The van der Waals surface area contributed by atoms with Gasteiger partial charge < -0.3 is 4.74 Å². The van der Waals surface area contributed by atoms with Crippen LogP contribution < -0.4 is 0 Å². The first-order valence-corrected chi connectivity index (χ1v) is 5.87. The SMILES string of the molecule is COC(=O)c1ncsc1-c1cccc(Cl)c1F. The number of benzene rings is 1. The maximum absolute atomic E-state index is 13.8. The van der Waals surface area contributed by atoms with Crippen LogP contribution in [0, 0.1) is 5.82 Å². The number of methoxy groups -OCH3 is 1. The number of esters is 1. The van der Waals surface area contributed by atoms with Crippen molar-refractivity contribution in [2.75, 3.05) is 7.11 Å². The van der Waals surface area contributed by atoms with Crippen LogP contribution in [-0.2, 0) is 4.74 Å². The van der Waals surface area contributed by atoms with Gasteiger partial charge in [0.05, 0.1) is 22.5 Å². The van der Waals surface area contributed by atoms with Gasteiger partial charge in [0.25, 0.3) is 0 Å². The van der Waals surface area contributed by atoms with Gasteiger partial charge in [-0.25, -0.2) is 14.2 Å². The van der Waals surface area contributed by atoms with Crippen LogP contribution in [0.4, 0.5) is 4.39 Å². The lowest BCUT2D eigenvalue weighted by atomic mass is 10.1. The van der Waals surface area contributed by atoms with Crippen molar-refractivity contribution in [2.45, 2.75) is 0 Å². The molecule has 0 aliphatic heterocycles. The highest BCUT2D eigenvalue weighted by atomic mass is 35.5. The van der Waals surface area contributed by atoms with Gasteiger partial charge in [0.1, 0.15) is 5.82 Å². The molecule has 1 heterocycles. The van der Waals surface area contributed by atoms with E-state index in [2.05, 4.69) is 9.72 Å². The minimum absolute atomic E-state index is 0.00622. The molecule has 0 amide bonds. The van der Waals surface area contributed by atoms with Crippen molar-refractivity contribution in [2.24, 2.45) is 0 Å². The summed E-state index contributed by atoms with van der Waals surface area (Å²) >= 11 is 6.85. The predicted octanol–water partition coefficient (Wildman–Crippen LogP) is 3.39. The molecule has 0 aliphatic carbocycles. The Morgan fingerprint density at radius 1 is 1.53 bits per heavy atom. The third kappa shape index (κ3) is 2.16. The molecule has 6 heteroatoms. The second kappa shape index (κ2) is 4.81. The van der Waals surface area contributed by atoms with Gasteiger partial charge in [-0.1, -0.05) is 23.7 Å². The molecule has 0 aliphatic rings. The number of carbonyl (C=O) groups is 1. The number of halogens is 2. The monoisotopic (exact) mass is 271 g/mol. The van der Waals surface area contributed by atoms with Crippen LogP contribution >= 0.6 is 22.9 Å². The fourth-order valence-electron chi connectivity index (χ4n) is 1.36. The average molecular weight is 272 g/mol. The van der Waals surface area contributed by atoms with E-state index in [1.807, 2.05) is 0 Å². The Morgan fingerprint density at radius 2 is 2.29 bits per heavy atom. The van der Waals surface area contributed by atoms with Crippen molar-refractivity contribution in [3.05, 3.63) is 40.2 Å². The van der Waals surface area contributed by atoms with Gasteiger partial charge in [-0.2, -0.15) is 0 Å². The molecule has 0 fully saturated rings. The van der Waals surface area contributed by atoms with Gasteiger partial charge in [-0.05, 0) is 6.07 Å². The molecule has 3 nitrogen and oxygen atoms in total. The second-order valence-corrected chi connectivity index (χ2v) is 4.39. The quantitative estimate of drug-likeness (QED) is 0.786. The van der Waals surface area contributed by atoms with E-state index in [0.717, 1.165) is 11.3 Å². The normalized spacial score (nSPS) is 10.3. The lowest BCUT2D eigenvalue weighted by Gasteiger charge is -2.03. The van der Waals surface area contributed by atoms with E-state index in [0.29, 0.717) is 4.88 Å². The zero-order valence-corrected chi connectivity index (χ0v) is 10.3. The van der Waals surface area contributed by atoms with Gasteiger partial charge in [0.15, 0.2) is 5.69 Å². The number of aromatic nitrogens is 1. The summed E-state index contributed by atoms with van der Waals surface area (Å²) in [6.45, 7) is 0. The molecule has 2 rings (SSSR count). The molecule has 88 valence electrons. The number of hydrogen-bond acceptors (Lipinski definition) is 4. The molecular weight excluding hydrogens is 265 g/mol. The predicted molar refractivity (Wildman–Crippen MR) is 63.9 cm³/mol. The average Bonchev–Trinajstić information content (AvgIpc) is 2.80. The summed E-state index contributed by atoms with van der Waals surface area (Å²) < 4.78 is 18.4. The molecule has 2 aromatic rings. The Balaban J connectivity index is 2.58. The van der Waals surface area contributed by atoms with Crippen LogP contribution in [0.2, 0.25) is 5.02 Å². The largest absolute Gasteiger partial charge is 0.464 e. The Labute approximate surface area is 106 Å². The van der Waals surface area contributed by atoms with Crippen LogP contribution in [0.15, 0.2) is 23.7 Å².